The summed E-state index contributed by atoms with van der Waals surface area (Å²) in [4.78, 5) is 19.0. The zero-order chi connectivity index (χ0) is 16.1. The first-order chi connectivity index (χ1) is 10.6. The highest BCUT2D eigenvalue weighted by atomic mass is 32.1. The van der Waals surface area contributed by atoms with Crippen molar-refractivity contribution in [2.75, 3.05) is 20.2 Å². The van der Waals surface area contributed by atoms with Gasteiger partial charge in [-0.05, 0) is 37.4 Å². The summed E-state index contributed by atoms with van der Waals surface area (Å²) >= 11 is 1.36. The number of carbonyl (C=O) groups is 1. The molecule has 5 nitrogen and oxygen atoms in total. The number of hydrogen-bond donors (Lipinski definition) is 1. The third-order valence-corrected chi connectivity index (χ3v) is 4.48. The maximum Gasteiger partial charge on any atom is 0.255 e. The van der Waals surface area contributed by atoms with Crippen molar-refractivity contribution in [3.8, 4) is 5.88 Å². The number of hydrogen-bond acceptors (Lipinski definition) is 5. The minimum atomic E-state index is -0.932. The summed E-state index contributed by atoms with van der Waals surface area (Å²) in [7, 11) is 1.51. The number of nitrogens with zero attached hydrogens (tertiary/aromatic N) is 2. The van der Waals surface area contributed by atoms with Crippen LogP contribution in [0.5, 0.6) is 5.88 Å². The summed E-state index contributed by atoms with van der Waals surface area (Å²) in [5.74, 6) is 0.299. The van der Waals surface area contributed by atoms with E-state index < -0.39 is 6.10 Å². The van der Waals surface area contributed by atoms with Gasteiger partial charge in [-0.1, -0.05) is 0 Å². The largest absolute Gasteiger partial charge is 0.481 e. The summed E-state index contributed by atoms with van der Waals surface area (Å²) in [6, 6.07) is 5.25. The highest BCUT2D eigenvalue weighted by Crippen LogP contribution is 2.33. The predicted octanol–water partition coefficient (Wildman–Crippen LogP) is 2.72. The van der Waals surface area contributed by atoms with Crippen LogP contribution in [0.2, 0.25) is 0 Å². The molecule has 0 aliphatic heterocycles. The molecule has 118 valence electrons. The zero-order valence-electron chi connectivity index (χ0n) is 12.9. The van der Waals surface area contributed by atoms with Gasteiger partial charge in [-0.25, -0.2) is 4.98 Å². The van der Waals surface area contributed by atoms with Crippen LogP contribution in [0, 0.1) is 0 Å². The van der Waals surface area contributed by atoms with Crippen molar-refractivity contribution >= 4 is 17.2 Å². The molecule has 1 unspecified atom stereocenters. The molecule has 0 radical (unpaired) electrons. The summed E-state index contributed by atoms with van der Waals surface area (Å²) in [6.45, 7) is 5.15. The molecule has 0 fully saturated rings. The van der Waals surface area contributed by atoms with Crippen molar-refractivity contribution in [2.24, 2.45) is 0 Å². The number of rotatable bonds is 6. The van der Waals surface area contributed by atoms with Crippen molar-refractivity contribution in [3.63, 3.8) is 0 Å². The minimum Gasteiger partial charge on any atom is -0.481 e. The Morgan fingerprint density at radius 3 is 2.77 bits per heavy atom. The number of aromatic nitrogens is 1. The van der Waals surface area contributed by atoms with Crippen molar-refractivity contribution in [1.29, 1.82) is 0 Å². The van der Waals surface area contributed by atoms with Crippen LogP contribution in [0.15, 0.2) is 29.8 Å². The fourth-order valence-corrected chi connectivity index (χ4v) is 3.20. The van der Waals surface area contributed by atoms with Crippen molar-refractivity contribution in [1.82, 2.24) is 9.88 Å². The van der Waals surface area contributed by atoms with Gasteiger partial charge in [-0.15, -0.1) is 11.3 Å². The van der Waals surface area contributed by atoms with Gasteiger partial charge in [0.2, 0.25) is 5.88 Å². The molecule has 1 amide bonds. The van der Waals surface area contributed by atoms with Crippen LogP contribution in [-0.4, -0.2) is 41.1 Å². The quantitative estimate of drug-likeness (QED) is 0.889. The lowest BCUT2D eigenvalue weighted by molar-refractivity contribution is 0.0768. The van der Waals surface area contributed by atoms with Gasteiger partial charge >= 0.3 is 0 Å². The molecule has 6 heteroatoms. The highest BCUT2D eigenvalue weighted by molar-refractivity contribution is 7.10. The predicted molar refractivity (Wildman–Crippen MR) is 86.4 cm³/mol. The fourth-order valence-electron chi connectivity index (χ4n) is 2.31. The molecule has 0 bridgehead atoms. The van der Waals surface area contributed by atoms with Gasteiger partial charge in [0.1, 0.15) is 6.10 Å². The third kappa shape index (κ3) is 3.13. The van der Waals surface area contributed by atoms with Crippen molar-refractivity contribution < 1.29 is 14.6 Å². The van der Waals surface area contributed by atoms with Gasteiger partial charge in [0.25, 0.3) is 5.91 Å². The van der Waals surface area contributed by atoms with Crippen LogP contribution in [0.25, 0.3) is 0 Å². The van der Waals surface area contributed by atoms with Crippen LogP contribution in [0.3, 0.4) is 0 Å². The maximum absolute atomic E-state index is 12.6. The molecular formula is C16H20N2O3S. The molecule has 0 aromatic carbocycles. The summed E-state index contributed by atoms with van der Waals surface area (Å²) in [5.41, 5.74) is 1.09. The Bertz CT molecular complexity index is 638. The Kier molecular flexibility index (Phi) is 5.51. The number of aliphatic hydroxyl groups is 1. The van der Waals surface area contributed by atoms with Crippen molar-refractivity contribution in [2.45, 2.75) is 20.0 Å². The number of ether oxygens (including phenoxy) is 1. The average molecular weight is 320 g/mol. The maximum atomic E-state index is 12.6. The minimum absolute atomic E-state index is 0.0665. The molecule has 1 N–H and O–H groups in total. The Morgan fingerprint density at radius 2 is 2.14 bits per heavy atom. The van der Waals surface area contributed by atoms with E-state index >= 15 is 0 Å². The summed E-state index contributed by atoms with van der Waals surface area (Å²) < 4.78 is 5.19. The molecule has 0 aliphatic carbocycles. The first-order valence-corrected chi connectivity index (χ1v) is 8.05. The molecule has 2 heterocycles. The van der Waals surface area contributed by atoms with Gasteiger partial charge in [0, 0.05) is 24.8 Å². The van der Waals surface area contributed by atoms with E-state index in [0.29, 0.717) is 35.0 Å². The van der Waals surface area contributed by atoms with Crippen LogP contribution < -0.4 is 4.74 Å². The Balaban J connectivity index is 2.38. The number of pyridine rings is 1. The SMILES string of the molecule is CCN(CC)C(=O)c1ccsc1C(O)c1cccnc1OC. The molecule has 2 rings (SSSR count). The summed E-state index contributed by atoms with van der Waals surface area (Å²) in [6.07, 6.45) is 0.670. The van der Waals surface area contributed by atoms with E-state index in [4.69, 9.17) is 4.74 Å². The monoisotopic (exact) mass is 320 g/mol. The summed E-state index contributed by atoms with van der Waals surface area (Å²) in [5, 5.41) is 12.5. The highest BCUT2D eigenvalue weighted by Gasteiger charge is 2.25. The number of carbonyl (C=O) groups excluding carboxylic acids is 1. The molecule has 2 aromatic heterocycles. The van der Waals surface area contributed by atoms with Gasteiger partial charge in [0.05, 0.1) is 17.6 Å². The Morgan fingerprint density at radius 1 is 1.41 bits per heavy atom. The normalized spacial score (nSPS) is 12.0. The topological polar surface area (TPSA) is 62.7 Å². The van der Waals surface area contributed by atoms with E-state index in [1.54, 1.807) is 29.3 Å². The zero-order valence-corrected chi connectivity index (χ0v) is 13.8. The van der Waals surface area contributed by atoms with Crippen LogP contribution in [-0.2, 0) is 0 Å². The second-order valence-corrected chi connectivity index (χ2v) is 5.63. The van der Waals surface area contributed by atoms with E-state index in [9.17, 15) is 9.90 Å². The molecular weight excluding hydrogens is 300 g/mol. The molecule has 0 saturated carbocycles. The average Bonchev–Trinajstić information content (AvgIpc) is 3.04. The van der Waals surface area contributed by atoms with E-state index in [1.165, 1.54) is 18.4 Å². The van der Waals surface area contributed by atoms with Crippen LogP contribution in [0.4, 0.5) is 0 Å². The third-order valence-electron chi connectivity index (χ3n) is 3.51. The molecule has 0 spiro atoms. The van der Waals surface area contributed by atoms with E-state index in [0.717, 1.165) is 0 Å². The molecule has 0 saturated heterocycles. The first-order valence-electron chi connectivity index (χ1n) is 7.17. The standard InChI is InChI=1S/C16H20N2O3S/c1-4-18(5-2)16(20)12-8-10-22-14(12)13(19)11-7-6-9-17-15(11)21-3/h6-10,13,19H,4-5H2,1-3H3. The molecule has 2 aromatic rings. The number of amides is 1. The second-order valence-electron chi connectivity index (χ2n) is 4.68. The van der Waals surface area contributed by atoms with Gasteiger partial charge in [-0.2, -0.15) is 0 Å². The van der Waals surface area contributed by atoms with Crippen LogP contribution >= 0.6 is 11.3 Å². The molecule has 1 atom stereocenters. The molecule has 0 aliphatic rings. The number of aliphatic hydroxyl groups excluding tert-OH is 1. The van der Waals surface area contributed by atoms with Gasteiger partial charge < -0.3 is 14.7 Å². The second kappa shape index (κ2) is 7.38. The van der Waals surface area contributed by atoms with E-state index in [-0.39, 0.29) is 5.91 Å². The smallest absolute Gasteiger partial charge is 0.255 e. The van der Waals surface area contributed by atoms with Crippen LogP contribution in [0.1, 0.15) is 40.8 Å². The van der Waals surface area contributed by atoms with E-state index in [2.05, 4.69) is 4.98 Å². The van der Waals surface area contributed by atoms with E-state index in [1.807, 2.05) is 19.2 Å². The number of thiophene rings is 1. The number of methoxy groups -OCH3 is 1. The Labute approximate surface area is 134 Å². The lowest BCUT2D eigenvalue weighted by Crippen LogP contribution is -2.31. The lowest BCUT2D eigenvalue weighted by Gasteiger charge is -2.20. The first kappa shape index (κ1) is 16.5. The fraction of sp³-hybridized carbons (Fsp3) is 0.375. The van der Waals surface area contributed by atoms with Gasteiger partial charge in [-0.3, -0.25) is 4.79 Å². The Hall–Kier alpha value is -1.92. The molecule has 22 heavy (non-hydrogen) atoms. The van der Waals surface area contributed by atoms with Crippen molar-refractivity contribution in [3.05, 3.63) is 45.8 Å². The van der Waals surface area contributed by atoms with Gasteiger partial charge in [0.15, 0.2) is 0 Å². The lowest BCUT2D eigenvalue weighted by atomic mass is 10.1.